The number of hydrogen-bond acceptors (Lipinski definition) is 1. The fraction of sp³-hybridized carbons (Fsp3) is 0.600. The summed E-state index contributed by atoms with van der Waals surface area (Å²) in [5, 5.41) is 0. The molecule has 92 valence electrons. The lowest BCUT2D eigenvalue weighted by Gasteiger charge is -2.24. The van der Waals surface area contributed by atoms with Crippen molar-refractivity contribution in [3.63, 3.8) is 0 Å². The second kappa shape index (κ2) is 4.16. The second-order valence-electron chi connectivity index (χ2n) is 3.88. The fourth-order valence-electron chi connectivity index (χ4n) is 1.51. The maximum Gasteiger partial charge on any atom is 0.412 e. The Morgan fingerprint density at radius 2 is 1.88 bits per heavy atom. The van der Waals surface area contributed by atoms with Crippen LogP contribution in [0.3, 0.4) is 0 Å². The summed E-state index contributed by atoms with van der Waals surface area (Å²) < 4.78 is 63.2. The third-order valence-corrected chi connectivity index (χ3v) is 2.40. The largest absolute Gasteiger partial charge is 0.412 e. The third-order valence-electron chi connectivity index (χ3n) is 2.40. The lowest BCUT2D eigenvalue weighted by Crippen LogP contribution is -2.26. The number of hydrogen-bond donors (Lipinski definition) is 1. The zero-order valence-corrected chi connectivity index (χ0v) is 8.61. The number of halogens is 5. The van der Waals surface area contributed by atoms with Gasteiger partial charge in [-0.1, -0.05) is 6.08 Å². The van der Waals surface area contributed by atoms with Crippen LogP contribution in [0.15, 0.2) is 23.3 Å². The molecule has 16 heavy (non-hydrogen) atoms. The summed E-state index contributed by atoms with van der Waals surface area (Å²) >= 11 is 0. The number of rotatable bonds is 2. The summed E-state index contributed by atoms with van der Waals surface area (Å²) in [6.07, 6.45) is -3.26. The normalized spacial score (nSPS) is 22.8. The first-order chi connectivity index (χ1) is 7.14. The van der Waals surface area contributed by atoms with Gasteiger partial charge >= 0.3 is 6.18 Å². The average molecular weight is 241 g/mol. The maximum atomic E-state index is 13.0. The van der Waals surface area contributed by atoms with E-state index in [0.717, 1.165) is 6.08 Å². The number of alkyl halides is 5. The molecule has 0 aliphatic heterocycles. The molecule has 0 saturated carbocycles. The van der Waals surface area contributed by atoms with Crippen LogP contribution in [-0.4, -0.2) is 18.6 Å². The molecule has 1 rings (SSSR count). The van der Waals surface area contributed by atoms with E-state index in [4.69, 9.17) is 5.73 Å². The van der Waals surface area contributed by atoms with E-state index in [1.165, 1.54) is 0 Å². The molecule has 1 atom stereocenters. The Kier molecular flexibility index (Phi) is 3.42. The van der Waals surface area contributed by atoms with Crippen LogP contribution in [-0.2, 0) is 0 Å². The lowest BCUT2D eigenvalue weighted by molar-refractivity contribution is -0.0954. The van der Waals surface area contributed by atoms with Crippen molar-refractivity contribution in [1.82, 2.24) is 0 Å². The minimum absolute atomic E-state index is 0.0764. The summed E-state index contributed by atoms with van der Waals surface area (Å²) in [4.78, 5) is 0. The summed E-state index contributed by atoms with van der Waals surface area (Å²) in [6.45, 7) is 0.495. The van der Waals surface area contributed by atoms with Gasteiger partial charge in [0.1, 0.15) is 0 Å². The van der Waals surface area contributed by atoms with Gasteiger partial charge in [-0.2, -0.15) is 13.2 Å². The van der Waals surface area contributed by atoms with Crippen LogP contribution >= 0.6 is 0 Å². The zero-order chi connectivity index (χ0) is 12.6. The molecule has 0 heterocycles. The minimum atomic E-state index is -4.57. The lowest BCUT2D eigenvalue weighted by atomic mass is 9.88. The van der Waals surface area contributed by atoms with Gasteiger partial charge in [0.2, 0.25) is 0 Å². The van der Waals surface area contributed by atoms with Crippen LogP contribution in [0.1, 0.15) is 13.3 Å². The van der Waals surface area contributed by atoms with Crippen molar-refractivity contribution < 1.29 is 22.0 Å². The second-order valence-corrected chi connectivity index (χ2v) is 3.88. The summed E-state index contributed by atoms with van der Waals surface area (Å²) in [7, 11) is 0. The first-order valence-electron chi connectivity index (χ1n) is 4.72. The molecule has 0 amide bonds. The van der Waals surface area contributed by atoms with E-state index in [2.05, 4.69) is 0 Å². The third kappa shape index (κ3) is 3.04. The van der Waals surface area contributed by atoms with Crippen LogP contribution in [0.25, 0.3) is 0 Å². The number of allylic oxidation sites excluding steroid dienone is 3. The predicted octanol–water partition coefficient (Wildman–Crippen LogP) is 3.04. The van der Waals surface area contributed by atoms with E-state index in [-0.39, 0.29) is 13.0 Å². The molecule has 0 aromatic carbocycles. The van der Waals surface area contributed by atoms with Gasteiger partial charge in [0.25, 0.3) is 5.92 Å². The molecule has 1 aliphatic rings. The molecule has 1 nitrogen and oxygen atoms in total. The maximum absolute atomic E-state index is 13.0. The highest BCUT2D eigenvalue weighted by molar-refractivity contribution is 5.35. The summed E-state index contributed by atoms with van der Waals surface area (Å²) in [5.74, 6) is -3.95. The highest BCUT2D eigenvalue weighted by atomic mass is 19.4. The van der Waals surface area contributed by atoms with Crippen LogP contribution in [0, 0.1) is 5.92 Å². The first kappa shape index (κ1) is 13.2. The van der Waals surface area contributed by atoms with Crippen molar-refractivity contribution in [2.24, 2.45) is 11.7 Å². The molecule has 0 saturated heterocycles. The van der Waals surface area contributed by atoms with Gasteiger partial charge in [-0.25, -0.2) is 8.78 Å². The van der Waals surface area contributed by atoms with Gasteiger partial charge in [-0.15, -0.1) is 0 Å². The molecule has 1 aliphatic carbocycles. The van der Waals surface area contributed by atoms with E-state index in [9.17, 15) is 22.0 Å². The van der Waals surface area contributed by atoms with E-state index in [0.29, 0.717) is 13.0 Å². The Hall–Kier alpha value is -0.910. The number of nitrogens with two attached hydrogens (primary N) is 1. The fourth-order valence-corrected chi connectivity index (χ4v) is 1.51. The predicted molar refractivity (Wildman–Crippen MR) is 50.0 cm³/mol. The molecule has 0 fully saturated rings. The molecular weight excluding hydrogens is 229 g/mol. The zero-order valence-electron chi connectivity index (χ0n) is 8.61. The smallest absolute Gasteiger partial charge is 0.330 e. The van der Waals surface area contributed by atoms with E-state index in [1.807, 2.05) is 0 Å². The van der Waals surface area contributed by atoms with Crippen molar-refractivity contribution in [3.8, 4) is 0 Å². The van der Waals surface area contributed by atoms with Crippen LogP contribution in [0.2, 0.25) is 0 Å². The van der Waals surface area contributed by atoms with Crippen LogP contribution < -0.4 is 5.73 Å². The highest BCUT2D eigenvalue weighted by Gasteiger charge is 2.39. The Morgan fingerprint density at radius 1 is 1.31 bits per heavy atom. The molecule has 0 radical (unpaired) electrons. The van der Waals surface area contributed by atoms with E-state index >= 15 is 0 Å². The van der Waals surface area contributed by atoms with Crippen molar-refractivity contribution in [2.45, 2.75) is 25.4 Å². The molecule has 0 bridgehead atoms. The molecule has 0 unspecified atom stereocenters. The first-order valence-corrected chi connectivity index (χ1v) is 4.72. The van der Waals surface area contributed by atoms with Gasteiger partial charge in [0.15, 0.2) is 0 Å². The van der Waals surface area contributed by atoms with E-state index < -0.39 is 29.2 Å². The highest BCUT2D eigenvalue weighted by Crippen LogP contribution is 2.38. The van der Waals surface area contributed by atoms with Crippen molar-refractivity contribution in [3.05, 3.63) is 23.3 Å². The summed E-state index contributed by atoms with van der Waals surface area (Å²) in [6, 6.07) is 0. The average Bonchev–Trinajstić information content (AvgIpc) is 2.14. The van der Waals surface area contributed by atoms with Gasteiger partial charge in [0, 0.05) is 18.1 Å². The van der Waals surface area contributed by atoms with Gasteiger partial charge in [-0.05, 0) is 25.0 Å². The minimum Gasteiger partial charge on any atom is -0.330 e. The Morgan fingerprint density at radius 3 is 2.25 bits per heavy atom. The standard InChI is InChI=1S/C10H12F5N/c1-9(11,12)7-2-6(5-16)3-8(4-7)10(13,14)15/h2,4,6H,3,5,16H2,1H3/t6-/m0/s1. The van der Waals surface area contributed by atoms with Crippen LogP contribution in [0.4, 0.5) is 22.0 Å². The summed E-state index contributed by atoms with van der Waals surface area (Å²) in [5.41, 5.74) is 3.68. The van der Waals surface area contributed by atoms with Gasteiger partial charge in [-0.3, -0.25) is 0 Å². The van der Waals surface area contributed by atoms with E-state index in [1.54, 1.807) is 0 Å². The van der Waals surface area contributed by atoms with Crippen molar-refractivity contribution in [2.75, 3.05) is 6.54 Å². The van der Waals surface area contributed by atoms with Gasteiger partial charge in [0.05, 0.1) is 0 Å². The monoisotopic (exact) mass is 241 g/mol. The molecular formula is C10H12F5N. The van der Waals surface area contributed by atoms with Crippen LogP contribution in [0.5, 0.6) is 0 Å². The quantitative estimate of drug-likeness (QED) is 0.739. The molecule has 2 N–H and O–H groups in total. The Balaban J connectivity index is 3.08. The molecule has 0 aromatic rings. The molecule has 0 aromatic heterocycles. The SMILES string of the molecule is CC(F)(F)C1=C[C@H](CN)CC(C(F)(F)F)=C1. The van der Waals surface area contributed by atoms with Gasteiger partial charge < -0.3 is 5.73 Å². The molecule has 6 heteroatoms. The Bertz CT molecular complexity index is 321. The Labute approximate surface area is 89.8 Å². The van der Waals surface area contributed by atoms with Crippen molar-refractivity contribution >= 4 is 0 Å². The van der Waals surface area contributed by atoms with Crippen molar-refractivity contribution in [1.29, 1.82) is 0 Å². The molecule has 0 spiro atoms. The topological polar surface area (TPSA) is 26.0 Å².